The van der Waals surface area contributed by atoms with Crippen molar-refractivity contribution in [3.63, 3.8) is 0 Å². The average molecular weight is 948 g/mol. The molecule has 6 aliphatic heterocycles. The van der Waals surface area contributed by atoms with Crippen LogP contribution in [0.4, 0.5) is 0 Å². The number of fused-ring (bicyclic) bond motifs is 2. The Hall–Kier alpha value is -2.97. The number of guanidine groups is 2. The second-order valence-electron chi connectivity index (χ2n) is 12.1. The standard InChI is InChI=1S/C20H29N10O24P5/c21-19-25-13-7(15(35)27-19)23-3-29(13)17-11(33)9(31)5(49-17)1-47-55(37,38)51-57(41,42)53-59(45,46)54-58(43,44)52-56(39,40)48-2-6-10(32)12(34)18(50-6)30-4-24-8-14(30)26-20(22)28-16(8)36/h3-12,17-18,31-34H,1-2H2,(H,37,38)(H,39,40)(H,41,42)(H,43,44)(H,45,46)(H2,21,27,35)(H2,22,28,36). The molecule has 2 saturated heterocycles. The van der Waals surface area contributed by atoms with Crippen molar-refractivity contribution in [2.75, 3.05) is 13.2 Å². The summed E-state index contributed by atoms with van der Waals surface area (Å²) in [5, 5.41) is 41.8. The van der Waals surface area contributed by atoms with Crippen LogP contribution in [0.2, 0.25) is 0 Å². The number of amides is 2. The van der Waals surface area contributed by atoms with Crippen molar-refractivity contribution in [3.8, 4) is 0 Å². The van der Waals surface area contributed by atoms with Gasteiger partial charge >= 0.3 is 39.1 Å². The summed E-state index contributed by atoms with van der Waals surface area (Å²) >= 11 is 0. The molecular formula is C20H29N10O24P5. The first-order chi connectivity index (χ1) is 27.2. The molecule has 13 N–H and O–H groups in total. The molecule has 39 heteroatoms. The minimum absolute atomic E-state index is 0.169. The van der Waals surface area contributed by atoms with E-state index in [9.17, 15) is 77.3 Å². The van der Waals surface area contributed by atoms with Gasteiger partial charge in [-0.1, -0.05) is 0 Å². The molecule has 34 nitrogen and oxygen atoms in total. The number of amidine groups is 2. The molecule has 0 bridgehead atoms. The summed E-state index contributed by atoms with van der Waals surface area (Å²) in [6, 6.07) is -2.53. The minimum Gasteiger partial charge on any atom is -0.387 e. The molecule has 0 radical (unpaired) electrons. The molecule has 6 rings (SSSR count). The van der Waals surface area contributed by atoms with E-state index in [1.54, 1.807) is 0 Å². The van der Waals surface area contributed by atoms with E-state index in [0.29, 0.717) is 0 Å². The van der Waals surface area contributed by atoms with E-state index < -0.39 is 137 Å². The lowest BCUT2D eigenvalue weighted by molar-refractivity contribution is -0.118. The van der Waals surface area contributed by atoms with E-state index in [0.717, 1.165) is 22.5 Å². The molecule has 0 aromatic carbocycles. The first-order valence-electron chi connectivity index (χ1n) is 15.6. The molecule has 0 saturated carbocycles. The van der Waals surface area contributed by atoms with Gasteiger partial charge in [0.1, 0.15) is 36.6 Å². The van der Waals surface area contributed by atoms with Crippen LogP contribution in [0, 0.1) is 0 Å². The summed E-state index contributed by atoms with van der Waals surface area (Å²) in [7, 11) is -31.1. The molecule has 6 aliphatic rings. The third-order valence-corrected chi connectivity index (χ3v) is 15.5. The number of nitrogens with two attached hydrogens (primary N) is 2. The van der Waals surface area contributed by atoms with Crippen LogP contribution >= 0.6 is 39.1 Å². The fraction of sp³-hybridized carbons (Fsp3) is 0.600. The van der Waals surface area contributed by atoms with Crippen molar-refractivity contribution >= 4 is 87.2 Å². The van der Waals surface area contributed by atoms with E-state index in [-0.39, 0.29) is 11.7 Å². The van der Waals surface area contributed by atoms with Crippen molar-refractivity contribution in [2.45, 2.75) is 61.2 Å². The van der Waals surface area contributed by atoms with Gasteiger partial charge in [0.25, 0.3) is 11.8 Å². The third kappa shape index (κ3) is 10.2. The summed E-state index contributed by atoms with van der Waals surface area (Å²) in [6.07, 6.45) is -12.2. The Morgan fingerprint density at radius 3 is 1.22 bits per heavy atom. The van der Waals surface area contributed by atoms with Crippen molar-refractivity contribution in [2.24, 2.45) is 41.4 Å². The number of carbonyl (C=O) groups excluding carboxylic acids is 2. The lowest BCUT2D eigenvalue weighted by Crippen LogP contribution is -2.49. The highest BCUT2D eigenvalue weighted by molar-refractivity contribution is 7.71. The molecule has 0 spiro atoms. The highest BCUT2D eigenvalue weighted by atomic mass is 31.3. The van der Waals surface area contributed by atoms with Gasteiger partial charge in [0.05, 0.1) is 25.9 Å². The van der Waals surface area contributed by atoms with Crippen molar-refractivity contribution in [3.05, 3.63) is 0 Å². The van der Waals surface area contributed by atoms with Gasteiger partial charge in [0.2, 0.25) is 11.9 Å². The first kappa shape index (κ1) is 45.6. The summed E-state index contributed by atoms with van der Waals surface area (Å²) in [5.41, 5.74) is 10.9. The normalized spacial score (nSPS) is 36.7. The topological polar surface area (TPSA) is 508 Å². The monoisotopic (exact) mass is 948 g/mol. The average Bonchev–Trinajstić information content (AvgIpc) is 3.82. The Labute approximate surface area is 325 Å². The van der Waals surface area contributed by atoms with E-state index in [4.69, 9.17) is 20.9 Å². The second-order valence-corrected chi connectivity index (χ2v) is 19.9. The van der Waals surface area contributed by atoms with E-state index in [1.165, 1.54) is 0 Å². The molecule has 2 amide bonds. The minimum atomic E-state index is -6.49. The van der Waals surface area contributed by atoms with Gasteiger partial charge in [-0.2, -0.15) is 37.2 Å². The van der Waals surface area contributed by atoms with Gasteiger partial charge in [0.15, 0.2) is 36.2 Å². The number of aliphatic hydroxyl groups is 4. The number of rotatable bonds is 16. The summed E-state index contributed by atoms with van der Waals surface area (Å²) in [6.45, 7) is -2.47. The maximum Gasteiger partial charge on any atom is 0.490 e. The number of phosphoric ester groups is 2. The molecule has 59 heavy (non-hydrogen) atoms. The Bertz CT molecular complexity index is 2060. The SMILES string of the molecule is NC1=NC(=O)C2N=CN(C3OC(COP(=O)(O)OP(=O)(O)OP(=O)(O)OP(=O)(O)OP(=O)(O)OCC4OC(N5C=NC6C(=O)N=C(N)N=C65)C(O)C4O)C(O)C3O)C2=N1. The van der Waals surface area contributed by atoms with Gasteiger partial charge < -0.3 is 65.8 Å². The number of nitrogens with zero attached hydrogens (tertiary/aromatic N) is 8. The number of hydrogen-bond donors (Lipinski definition) is 11. The molecule has 0 aliphatic carbocycles. The lowest BCUT2D eigenvalue weighted by Gasteiger charge is -2.27. The van der Waals surface area contributed by atoms with Crippen molar-refractivity contribution < 1.29 is 113 Å². The smallest absolute Gasteiger partial charge is 0.387 e. The number of hydrogen-bond acceptors (Lipinski definition) is 27. The highest BCUT2D eigenvalue weighted by Gasteiger charge is 2.53. The molecule has 2 fully saturated rings. The van der Waals surface area contributed by atoms with Crippen LogP contribution in [0.5, 0.6) is 0 Å². The molecule has 14 atom stereocenters. The zero-order chi connectivity index (χ0) is 43.6. The Morgan fingerprint density at radius 1 is 0.559 bits per heavy atom. The van der Waals surface area contributed by atoms with Crippen molar-refractivity contribution in [1.29, 1.82) is 0 Å². The van der Waals surface area contributed by atoms with Crippen molar-refractivity contribution in [1.82, 2.24) is 9.80 Å². The van der Waals surface area contributed by atoms with Crippen LogP contribution < -0.4 is 11.5 Å². The predicted molar refractivity (Wildman–Crippen MR) is 183 cm³/mol. The van der Waals surface area contributed by atoms with Crippen LogP contribution in [0.1, 0.15) is 0 Å². The zero-order valence-electron chi connectivity index (χ0n) is 28.5. The summed E-state index contributed by atoms with van der Waals surface area (Å²) in [5.74, 6) is -2.91. The fourth-order valence-electron chi connectivity index (χ4n) is 5.56. The van der Waals surface area contributed by atoms with Crippen LogP contribution in [0.3, 0.4) is 0 Å². The maximum atomic E-state index is 12.4. The molecule has 0 aromatic heterocycles. The Balaban J connectivity index is 0.984. The van der Waals surface area contributed by atoms with E-state index in [2.05, 4.69) is 56.2 Å². The van der Waals surface area contributed by atoms with Gasteiger partial charge in [-0.25, -0.2) is 22.8 Å². The maximum absolute atomic E-state index is 12.4. The second kappa shape index (κ2) is 16.4. The van der Waals surface area contributed by atoms with E-state index >= 15 is 0 Å². The number of phosphoric acid groups is 5. The van der Waals surface area contributed by atoms with Crippen LogP contribution in [0.15, 0.2) is 30.0 Å². The third-order valence-electron chi connectivity index (χ3n) is 7.93. The van der Waals surface area contributed by atoms with Gasteiger partial charge in [-0.15, -0.1) is 0 Å². The molecular weight excluding hydrogens is 919 g/mol. The molecule has 0 aromatic rings. The largest absolute Gasteiger partial charge is 0.490 e. The molecule has 14 unspecified atom stereocenters. The first-order valence-corrected chi connectivity index (χ1v) is 23.0. The van der Waals surface area contributed by atoms with Gasteiger partial charge in [-0.3, -0.25) is 38.4 Å². The summed E-state index contributed by atoms with van der Waals surface area (Å²) in [4.78, 5) is 97.5. The predicted octanol–water partition coefficient (Wildman–Crippen LogP) is -5.59. The lowest BCUT2D eigenvalue weighted by atomic mass is 10.1. The zero-order valence-corrected chi connectivity index (χ0v) is 32.9. The quantitative estimate of drug-likeness (QED) is 0.0643. The fourth-order valence-corrected chi connectivity index (χ4v) is 11.9. The van der Waals surface area contributed by atoms with Gasteiger partial charge in [-0.05, 0) is 0 Å². The van der Waals surface area contributed by atoms with E-state index in [1.807, 2.05) is 0 Å². The Kier molecular flexibility index (Phi) is 12.6. The van der Waals surface area contributed by atoms with Crippen LogP contribution in [0.25, 0.3) is 0 Å². The van der Waals surface area contributed by atoms with Crippen LogP contribution in [-0.2, 0) is 68.2 Å². The Morgan fingerprint density at radius 2 is 0.881 bits per heavy atom. The van der Waals surface area contributed by atoms with Gasteiger partial charge in [0, 0.05) is 0 Å². The van der Waals surface area contributed by atoms with Crippen LogP contribution in [-0.4, -0.2) is 177 Å². The molecule has 328 valence electrons. The number of aliphatic imine (C=N–C) groups is 6. The molecule has 6 heterocycles. The number of aliphatic hydroxyl groups excluding tert-OH is 4. The number of ether oxygens (including phenoxy) is 2. The highest BCUT2D eigenvalue weighted by Crippen LogP contribution is 2.73. The summed E-state index contributed by atoms with van der Waals surface area (Å²) < 4.78 is 96.4. The number of carbonyl (C=O) groups is 2.